The third-order valence-electron chi connectivity index (χ3n) is 2.49. The van der Waals surface area contributed by atoms with Gasteiger partial charge in [-0.15, -0.1) is 0 Å². The highest BCUT2D eigenvalue weighted by atomic mass is 16.6. The summed E-state index contributed by atoms with van der Waals surface area (Å²) in [6.45, 7) is 5.43. The SMILES string of the molecule is CC(C)(C)OC(=O)NC(=N)c1ccc(C#CCCCO)cc1. The molecule has 22 heavy (non-hydrogen) atoms. The molecule has 5 nitrogen and oxygen atoms in total. The molecule has 5 heteroatoms. The Balaban J connectivity index is 2.60. The van der Waals surface area contributed by atoms with Gasteiger partial charge in [0.25, 0.3) is 0 Å². The molecule has 0 bridgehead atoms. The first kappa shape index (κ1) is 17.7. The number of amidine groups is 1. The monoisotopic (exact) mass is 302 g/mol. The van der Waals surface area contributed by atoms with Crippen molar-refractivity contribution >= 4 is 11.9 Å². The first-order valence-electron chi connectivity index (χ1n) is 7.10. The number of ether oxygens (including phenoxy) is 1. The Hall–Kier alpha value is -2.32. The highest BCUT2D eigenvalue weighted by molar-refractivity contribution is 6.04. The van der Waals surface area contributed by atoms with Gasteiger partial charge in [0.1, 0.15) is 11.4 Å². The van der Waals surface area contributed by atoms with E-state index < -0.39 is 11.7 Å². The number of carbonyl (C=O) groups is 1. The Morgan fingerprint density at radius 2 is 1.95 bits per heavy atom. The molecule has 0 unspecified atom stereocenters. The van der Waals surface area contributed by atoms with Crippen LogP contribution in [0.3, 0.4) is 0 Å². The van der Waals surface area contributed by atoms with Gasteiger partial charge in [0.05, 0.1) is 0 Å². The van der Waals surface area contributed by atoms with Crippen molar-refractivity contribution in [3.05, 3.63) is 35.4 Å². The van der Waals surface area contributed by atoms with Crippen LogP contribution in [-0.4, -0.2) is 29.2 Å². The molecule has 0 fully saturated rings. The van der Waals surface area contributed by atoms with E-state index in [-0.39, 0.29) is 12.4 Å². The number of aliphatic hydroxyl groups excluding tert-OH is 1. The molecule has 0 heterocycles. The van der Waals surface area contributed by atoms with Gasteiger partial charge in [-0.2, -0.15) is 0 Å². The molecule has 1 aromatic carbocycles. The Bertz CT molecular complexity index is 575. The topological polar surface area (TPSA) is 82.4 Å². The van der Waals surface area contributed by atoms with E-state index in [1.165, 1.54) is 0 Å². The molecular formula is C17H22N2O3. The largest absolute Gasteiger partial charge is 0.444 e. The molecule has 0 spiro atoms. The molecule has 0 aromatic heterocycles. The summed E-state index contributed by atoms with van der Waals surface area (Å²) in [7, 11) is 0. The highest BCUT2D eigenvalue weighted by Crippen LogP contribution is 2.08. The number of amides is 1. The number of aliphatic hydroxyl groups is 1. The number of carbonyl (C=O) groups excluding carboxylic acids is 1. The predicted octanol–water partition coefficient (Wildman–Crippen LogP) is 2.66. The van der Waals surface area contributed by atoms with E-state index in [1.54, 1.807) is 45.0 Å². The second-order valence-electron chi connectivity index (χ2n) is 5.71. The fraction of sp³-hybridized carbons (Fsp3) is 0.412. The minimum absolute atomic E-state index is 0.0194. The standard InChI is InChI=1S/C17H22N2O3/c1-17(2,3)22-16(21)19-15(18)14-10-8-13(9-11-14)7-5-4-6-12-20/h8-11,20H,4,6,12H2,1-3H3,(H2,18,19,21). The minimum atomic E-state index is -0.648. The summed E-state index contributed by atoms with van der Waals surface area (Å²) in [5.74, 6) is 5.91. The van der Waals surface area contributed by atoms with Gasteiger partial charge in [0.15, 0.2) is 0 Å². The Kier molecular flexibility index (Phi) is 6.61. The van der Waals surface area contributed by atoms with Crippen LogP contribution in [0.1, 0.15) is 44.7 Å². The Morgan fingerprint density at radius 1 is 1.32 bits per heavy atom. The molecule has 0 atom stereocenters. The zero-order chi connectivity index (χ0) is 16.6. The van der Waals surface area contributed by atoms with Gasteiger partial charge in [-0.05, 0) is 39.3 Å². The zero-order valence-electron chi connectivity index (χ0n) is 13.2. The lowest BCUT2D eigenvalue weighted by molar-refractivity contribution is 0.0563. The highest BCUT2D eigenvalue weighted by Gasteiger charge is 2.17. The average molecular weight is 302 g/mol. The lowest BCUT2D eigenvalue weighted by Gasteiger charge is -2.19. The van der Waals surface area contributed by atoms with Gasteiger partial charge in [-0.1, -0.05) is 24.0 Å². The van der Waals surface area contributed by atoms with Crippen LogP contribution in [0.5, 0.6) is 0 Å². The fourth-order valence-electron chi connectivity index (χ4n) is 1.53. The summed E-state index contributed by atoms with van der Waals surface area (Å²) in [5.41, 5.74) is 0.803. The second-order valence-corrected chi connectivity index (χ2v) is 5.71. The smallest absolute Gasteiger partial charge is 0.413 e. The van der Waals surface area contributed by atoms with Crippen molar-refractivity contribution in [1.29, 1.82) is 5.41 Å². The number of hydrogen-bond acceptors (Lipinski definition) is 4. The summed E-state index contributed by atoms with van der Waals surface area (Å²) in [6, 6.07) is 7.00. The molecule has 0 aliphatic rings. The van der Waals surface area contributed by atoms with Crippen LogP contribution in [0, 0.1) is 17.3 Å². The van der Waals surface area contributed by atoms with Crippen molar-refractivity contribution in [2.45, 2.75) is 39.2 Å². The van der Waals surface area contributed by atoms with Crippen LogP contribution < -0.4 is 5.32 Å². The summed E-state index contributed by atoms with van der Waals surface area (Å²) in [5, 5.41) is 18.9. The number of nitrogens with one attached hydrogen (secondary N) is 2. The van der Waals surface area contributed by atoms with Crippen molar-refractivity contribution in [1.82, 2.24) is 5.32 Å². The number of hydrogen-bond donors (Lipinski definition) is 3. The van der Waals surface area contributed by atoms with E-state index in [0.717, 1.165) is 5.56 Å². The molecule has 3 N–H and O–H groups in total. The van der Waals surface area contributed by atoms with Crippen LogP contribution in [0.2, 0.25) is 0 Å². The number of benzene rings is 1. The summed E-state index contributed by atoms with van der Waals surface area (Å²) >= 11 is 0. The number of rotatable bonds is 3. The molecule has 0 saturated heterocycles. The molecule has 0 aliphatic heterocycles. The summed E-state index contributed by atoms with van der Waals surface area (Å²) in [4.78, 5) is 11.6. The van der Waals surface area contributed by atoms with Crippen LogP contribution in [0.4, 0.5) is 4.79 Å². The van der Waals surface area contributed by atoms with Crippen molar-refractivity contribution in [3.8, 4) is 11.8 Å². The van der Waals surface area contributed by atoms with Gasteiger partial charge < -0.3 is 9.84 Å². The van der Waals surface area contributed by atoms with Gasteiger partial charge in [-0.3, -0.25) is 10.7 Å². The van der Waals surface area contributed by atoms with Crippen molar-refractivity contribution in [3.63, 3.8) is 0 Å². The predicted molar refractivity (Wildman–Crippen MR) is 85.8 cm³/mol. The Labute approximate surface area is 131 Å². The van der Waals surface area contributed by atoms with Crippen molar-refractivity contribution in [2.24, 2.45) is 0 Å². The quantitative estimate of drug-likeness (QED) is 0.347. The maximum Gasteiger partial charge on any atom is 0.413 e. The molecular weight excluding hydrogens is 280 g/mol. The summed E-state index contributed by atoms with van der Waals surface area (Å²) < 4.78 is 5.10. The Morgan fingerprint density at radius 3 is 2.50 bits per heavy atom. The molecule has 1 aromatic rings. The maximum absolute atomic E-state index is 11.6. The normalized spacial score (nSPS) is 10.4. The number of unbranched alkanes of at least 4 members (excludes halogenated alkanes) is 1. The van der Waals surface area contributed by atoms with E-state index >= 15 is 0 Å². The van der Waals surface area contributed by atoms with E-state index in [4.69, 9.17) is 15.3 Å². The molecule has 0 saturated carbocycles. The third-order valence-corrected chi connectivity index (χ3v) is 2.49. The number of alkyl carbamates (subject to hydrolysis) is 1. The molecule has 1 amide bonds. The first-order chi connectivity index (χ1) is 10.3. The zero-order valence-corrected chi connectivity index (χ0v) is 13.2. The van der Waals surface area contributed by atoms with Crippen LogP contribution in [0.25, 0.3) is 0 Å². The van der Waals surface area contributed by atoms with E-state index in [0.29, 0.717) is 18.4 Å². The van der Waals surface area contributed by atoms with E-state index in [1.807, 2.05) is 0 Å². The molecule has 0 radical (unpaired) electrons. The van der Waals surface area contributed by atoms with Crippen molar-refractivity contribution < 1.29 is 14.6 Å². The molecule has 1 rings (SSSR count). The van der Waals surface area contributed by atoms with E-state index in [2.05, 4.69) is 17.2 Å². The van der Waals surface area contributed by atoms with Gasteiger partial charge in [0, 0.05) is 24.2 Å². The van der Waals surface area contributed by atoms with E-state index in [9.17, 15) is 4.79 Å². The van der Waals surface area contributed by atoms with Crippen LogP contribution >= 0.6 is 0 Å². The lowest BCUT2D eigenvalue weighted by atomic mass is 10.1. The fourth-order valence-corrected chi connectivity index (χ4v) is 1.53. The second kappa shape index (κ2) is 8.20. The maximum atomic E-state index is 11.6. The molecule has 0 aliphatic carbocycles. The summed E-state index contributed by atoms with van der Waals surface area (Å²) in [6.07, 6.45) is 0.662. The van der Waals surface area contributed by atoms with Crippen LogP contribution in [-0.2, 0) is 4.74 Å². The van der Waals surface area contributed by atoms with Crippen molar-refractivity contribution in [2.75, 3.05) is 6.61 Å². The average Bonchev–Trinajstić information content (AvgIpc) is 2.42. The third kappa shape index (κ3) is 6.91. The van der Waals surface area contributed by atoms with Gasteiger partial charge in [-0.25, -0.2) is 4.79 Å². The van der Waals surface area contributed by atoms with Gasteiger partial charge >= 0.3 is 6.09 Å². The molecule has 118 valence electrons. The lowest BCUT2D eigenvalue weighted by Crippen LogP contribution is -2.36. The van der Waals surface area contributed by atoms with Gasteiger partial charge in [0.2, 0.25) is 0 Å². The van der Waals surface area contributed by atoms with Crippen LogP contribution in [0.15, 0.2) is 24.3 Å². The minimum Gasteiger partial charge on any atom is -0.444 e. The first-order valence-corrected chi connectivity index (χ1v) is 7.10.